The van der Waals surface area contributed by atoms with Crippen LogP contribution in [0.5, 0.6) is 0 Å². The van der Waals surface area contributed by atoms with E-state index in [1.165, 1.54) is 11.1 Å². The number of carbonyl (C=O) groups excluding carboxylic acids is 1. The van der Waals surface area contributed by atoms with E-state index >= 15 is 0 Å². The number of aromatic nitrogens is 2. The molecule has 1 amide bonds. The number of H-pyrrole nitrogens is 1. The van der Waals surface area contributed by atoms with Crippen LogP contribution in [0.2, 0.25) is 0 Å². The van der Waals surface area contributed by atoms with Crippen molar-refractivity contribution in [2.75, 3.05) is 11.4 Å². The molecule has 0 bridgehead atoms. The molecule has 0 saturated carbocycles. The summed E-state index contributed by atoms with van der Waals surface area (Å²) in [4.78, 5) is 34.4. The Morgan fingerprint density at radius 2 is 2.03 bits per heavy atom. The van der Waals surface area contributed by atoms with Gasteiger partial charge in [-0.05, 0) is 54.5 Å². The maximum absolute atomic E-state index is 12.9. The van der Waals surface area contributed by atoms with Gasteiger partial charge < -0.3 is 9.88 Å². The Morgan fingerprint density at radius 3 is 2.86 bits per heavy atom. The second-order valence-corrected chi connectivity index (χ2v) is 8.08. The molecule has 0 radical (unpaired) electrons. The molecular formula is C24H27N3O2. The minimum Gasteiger partial charge on any atom is -0.312 e. The van der Waals surface area contributed by atoms with Gasteiger partial charge in [-0.1, -0.05) is 38.1 Å². The fourth-order valence-electron chi connectivity index (χ4n) is 4.03. The van der Waals surface area contributed by atoms with Crippen molar-refractivity contribution in [3.8, 4) is 0 Å². The Labute approximate surface area is 170 Å². The Hall–Kier alpha value is -2.95. The molecule has 0 aliphatic carbocycles. The quantitative estimate of drug-likeness (QED) is 0.705. The zero-order valence-corrected chi connectivity index (χ0v) is 17.1. The van der Waals surface area contributed by atoms with Gasteiger partial charge in [0.05, 0.1) is 10.9 Å². The minimum atomic E-state index is -0.122. The third kappa shape index (κ3) is 4.09. The van der Waals surface area contributed by atoms with Gasteiger partial charge in [0.2, 0.25) is 5.91 Å². The SMILES string of the molecule is CC(C)c1ccc2c(c1)CCCN2C(=O)CCCc1nc2ccccc2c(=O)[nH]1. The second kappa shape index (κ2) is 8.19. The number of aromatic amines is 1. The van der Waals surface area contributed by atoms with E-state index in [2.05, 4.69) is 42.0 Å². The molecule has 1 aliphatic heterocycles. The van der Waals surface area contributed by atoms with Gasteiger partial charge in [0, 0.05) is 25.1 Å². The van der Waals surface area contributed by atoms with E-state index < -0.39 is 0 Å². The number of anilines is 1. The monoisotopic (exact) mass is 389 g/mol. The van der Waals surface area contributed by atoms with Crippen LogP contribution in [-0.2, 0) is 17.6 Å². The first-order valence-corrected chi connectivity index (χ1v) is 10.4. The molecule has 2 heterocycles. The van der Waals surface area contributed by atoms with Crippen molar-refractivity contribution in [3.63, 3.8) is 0 Å². The number of fused-ring (bicyclic) bond motifs is 2. The first-order chi connectivity index (χ1) is 14.0. The van der Waals surface area contributed by atoms with E-state index in [-0.39, 0.29) is 11.5 Å². The summed E-state index contributed by atoms with van der Waals surface area (Å²) >= 11 is 0. The average Bonchev–Trinajstić information content (AvgIpc) is 2.73. The fraction of sp³-hybridized carbons (Fsp3) is 0.375. The maximum atomic E-state index is 12.9. The highest BCUT2D eigenvalue weighted by atomic mass is 16.2. The van der Waals surface area contributed by atoms with E-state index in [0.717, 1.165) is 25.1 Å². The van der Waals surface area contributed by atoms with E-state index in [4.69, 9.17) is 0 Å². The highest BCUT2D eigenvalue weighted by Gasteiger charge is 2.22. The molecule has 150 valence electrons. The molecule has 2 aromatic carbocycles. The normalized spacial score (nSPS) is 13.7. The van der Waals surface area contributed by atoms with Crippen LogP contribution < -0.4 is 10.5 Å². The lowest BCUT2D eigenvalue weighted by molar-refractivity contribution is -0.118. The van der Waals surface area contributed by atoms with Gasteiger partial charge in [-0.3, -0.25) is 9.59 Å². The second-order valence-electron chi connectivity index (χ2n) is 8.08. The zero-order chi connectivity index (χ0) is 20.4. The van der Waals surface area contributed by atoms with Crippen LogP contribution in [0.15, 0.2) is 47.3 Å². The number of para-hydroxylation sites is 1. The topological polar surface area (TPSA) is 66.1 Å². The zero-order valence-electron chi connectivity index (χ0n) is 17.1. The van der Waals surface area contributed by atoms with Crippen LogP contribution in [0.4, 0.5) is 5.69 Å². The van der Waals surface area contributed by atoms with Gasteiger partial charge in [0.25, 0.3) is 5.56 Å². The van der Waals surface area contributed by atoms with Crippen molar-refractivity contribution in [2.24, 2.45) is 0 Å². The number of amides is 1. The summed E-state index contributed by atoms with van der Waals surface area (Å²) in [6, 6.07) is 13.8. The summed E-state index contributed by atoms with van der Waals surface area (Å²) in [6.45, 7) is 5.16. The van der Waals surface area contributed by atoms with Crippen LogP contribution in [0.3, 0.4) is 0 Å². The van der Waals surface area contributed by atoms with Crippen molar-refractivity contribution >= 4 is 22.5 Å². The number of hydrogen-bond acceptors (Lipinski definition) is 3. The third-order valence-electron chi connectivity index (χ3n) is 5.66. The highest BCUT2D eigenvalue weighted by molar-refractivity contribution is 5.94. The van der Waals surface area contributed by atoms with Gasteiger partial charge in [0.15, 0.2) is 0 Å². The fourth-order valence-corrected chi connectivity index (χ4v) is 4.03. The van der Waals surface area contributed by atoms with E-state index in [1.807, 2.05) is 23.1 Å². The van der Waals surface area contributed by atoms with E-state index in [1.54, 1.807) is 6.07 Å². The summed E-state index contributed by atoms with van der Waals surface area (Å²) in [5, 5.41) is 0.595. The molecule has 1 N–H and O–H groups in total. The lowest BCUT2D eigenvalue weighted by Gasteiger charge is -2.30. The number of nitrogens with zero attached hydrogens (tertiary/aromatic N) is 2. The van der Waals surface area contributed by atoms with Crippen molar-refractivity contribution < 1.29 is 4.79 Å². The van der Waals surface area contributed by atoms with Gasteiger partial charge in [-0.2, -0.15) is 0 Å². The molecule has 4 rings (SSSR count). The molecule has 1 aromatic heterocycles. The van der Waals surface area contributed by atoms with Crippen LogP contribution in [0.1, 0.15) is 56.0 Å². The average molecular weight is 389 g/mol. The van der Waals surface area contributed by atoms with Crippen LogP contribution in [0, 0.1) is 0 Å². The number of hydrogen-bond donors (Lipinski definition) is 1. The molecule has 0 unspecified atom stereocenters. The van der Waals surface area contributed by atoms with Crippen molar-refractivity contribution in [3.05, 3.63) is 69.8 Å². The molecule has 1 aliphatic rings. The molecular weight excluding hydrogens is 362 g/mol. The van der Waals surface area contributed by atoms with Gasteiger partial charge >= 0.3 is 0 Å². The number of aryl methyl sites for hydroxylation is 2. The molecule has 5 nitrogen and oxygen atoms in total. The number of carbonyl (C=O) groups is 1. The molecule has 3 aromatic rings. The predicted octanol–water partition coefficient (Wildman–Crippen LogP) is 4.35. The van der Waals surface area contributed by atoms with Gasteiger partial charge in [-0.15, -0.1) is 0 Å². The summed E-state index contributed by atoms with van der Waals surface area (Å²) in [6.07, 6.45) is 3.72. The predicted molar refractivity (Wildman–Crippen MR) is 117 cm³/mol. The maximum Gasteiger partial charge on any atom is 0.258 e. The summed E-state index contributed by atoms with van der Waals surface area (Å²) in [5.41, 5.74) is 4.23. The Bertz CT molecular complexity index is 1100. The summed E-state index contributed by atoms with van der Waals surface area (Å²) in [7, 11) is 0. The molecule has 0 atom stereocenters. The number of nitrogens with one attached hydrogen (secondary N) is 1. The first-order valence-electron chi connectivity index (χ1n) is 10.4. The summed E-state index contributed by atoms with van der Waals surface area (Å²) in [5.74, 6) is 1.27. The van der Waals surface area contributed by atoms with Crippen molar-refractivity contribution in [1.82, 2.24) is 9.97 Å². The third-order valence-corrected chi connectivity index (χ3v) is 5.66. The van der Waals surface area contributed by atoms with Gasteiger partial charge in [0.1, 0.15) is 5.82 Å². The lowest BCUT2D eigenvalue weighted by atomic mass is 9.94. The van der Waals surface area contributed by atoms with Crippen molar-refractivity contribution in [1.29, 1.82) is 0 Å². The Balaban J connectivity index is 1.43. The Kier molecular flexibility index (Phi) is 5.47. The highest BCUT2D eigenvalue weighted by Crippen LogP contribution is 2.30. The molecule has 5 heteroatoms. The molecule has 29 heavy (non-hydrogen) atoms. The number of rotatable bonds is 5. The largest absolute Gasteiger partial charge is 0.312 e. The van der Waals surface area contributed by atoms with Crippen molar-refractivity contribution in [2.45, 2.75) is 51.9 Å². The Morgan fingerprint density at radius 1 is 1.21 bits per heavy atom. The molecule has 0 saturated heterocycles. The van der Waals surface area contributed by atoms with Gasteiger partial charge in [-0.25, -0.2) is 4.98 Å². The first kappa shape index (κ1) is 19.4. The lowest BCUT2D eigenvalue weighted by Crippen LogP contribution is -2.35. The number of benzene rings is 2. The summed E-state index contributed by atoms with van der Waals surface area (Å²) < 4.78 is 0. The molecule has 0 fully saturated rings. The minimum absolute atomic E-state index is 0.122. The molecule has 0 spiro atoms. The van der Waals surface area contributed by atoms with Crippen LogP contribution in [0.25, 0.3) is 10.9 Å². The smallest absolute Gasteiger partial charge is 0.258 e. The van der Waals surface area contributed by atoms with E-state index in [9.17, 15) is 9.59 Å². The van der Waals surface area contributed by atoms with Crippen LogP contribution in [-0.4, -0.2) is 22.4 Å². The standard InChI is InChI=1S/C24H27N3O2/c1-16(2)17-12-13-21-18(15-17)7-6-14-27(21)23(28)11-5-10-22-25-20-9-4-3-8-19(20)24(29)26-22/h3-4,8-9,12-13,15-16H,5-7,10-11,14H2,1-2H3,(H,25,26,29). The van der Waals surface area contributed by atoms with E-state index in [0.29, 0.717) is 41.9 Å². The van der Waals surface area contributed by atoms with Crippen LogP contribution >= 0.6 is 0 Å².